The van der Waals surface area contributed by atoms with Crippen molar-refractivity contribution in [2.45, 2.75) is 34.1 Å². The zero-order valence-corrected chi connectivity index (χ0v) is 9.70. The maximum atomic E-state index is 10.5. The highest BCUT2D eigenvalue weighted by Crippen LogP contribution is 1.99. The van der Waals surface area contributed by atoms with Crippen molar-refractivity contribution < 1.29 is 19.1 Å². The zero-order valence-electron chi connectivity index (χ0n) is 9.70. The highest BCUT2D eigenvalue weighted by atomic mass is 16.6. The van der Waals surface area contributed by atoms with Gasteiger partial charge in [0.25, 0.3) is 0 Å². The second-order valence-corrected chi connectivity index (χ2v) is 3.35. The van der Waals surface area contributed by atoms with Gasteiger partial charge < -0.3 is 4.74 Å². The Morgan fingerprint density at radius 3 is 1.67 bits per heavy atom. The molecule has 0 bridgehead atoms. The Labute approximate surface area is 90.3 Å². The Morgan fingerprint density at radius 1 is 1.20 bits per heavy atom. The van der Waals surface area contributed by atoms with Crippen LogP contribution in [0.3, 0.4) is 0 Å². The monoisotopic (exact) mass is 214 g/mol. The van der Waals surface area contributed by atoms with Gasteiger partial charge >= 0.3 is 11.9 Å². The van der Waals surface area contributed by atoms with Gasteiger partial charge in [0, 0.05) is 20.3 Å². The number of allylic oxidation sites excluding steroid dienone is 1. The molecular formula is C11H18O4. The van der Waals surface area contributed by atoms with Gasteiger partial charge in [-0.05, 0) is 12.0 Å². The summed E-state index contributed by atoms with van der Waals surface area (Å²) < 4.78 is 3.97. The first-order valence-corrected chi connectivity index (χ1v) is 4.63. The molecule has 0 spiro atoms. The van der Waals surface area contributed by atoms with Gasteiger partial charge in [-0.15, -0.1) is 0 Å². The number of hydrogen-bond acceptors (Lipinski definition) is 4. The van der Waals surface area contributed by atoms with Crippen LogP contribution in [0.1, 0.15) is 34.1 Å². The summed E-state index contributed by atoms with van der Waals surface area (Å²) in [6, 6.07) is 0. The van der Waals surface area contributed by atoms with Gasteiger partial charge in [-0.25, -0.2) is 0 Å². The minimum atomic E-state index is -0.562. The van der Waals surface area contributed by atoms with Crippen molar-refractivity contribution in [3.63, 3.8) is 0 Å². The van der Waals surface area contributed by atoms with E-state index < -0.39 is 11.9 Å². The van der Waals surface area contributed by atoms with Crippen molar-refractivity contribution in [2.24, 2.45) is 5.92 Å². The number of carbonyl (C=O) groups is 3. The molecule has 0 N–H and O–H groups in total. The molecular weight excluding hydrogens is 196 g/mol. The first-order valence-electron chi connectivity index (χ1n) is 4.63. The fraction of sp³-hybridized carbons (Fsp3) is 0.545. The second-order valence-electron chi connectivity index (χ2n) is 3.35. The maximum absolute atomic E-state index is 10.5. The van der Waals surface area contributed by atoms with Crippen LogP contribution in [0.5, 0.6) is 0 Å². The summed E-state index contributed by atoms with van der Waals surface area (Å²) in [6.45, 7) is 9.76. The smallest absolute Gasteiger partial charge is 0.310 e. The van der Waals surface area contributed by atoms with E-state index in [1.165, 1.54) is 19.9 Å². The molecule has 0 rings (SSSR count). The van der Waals surface area contributed by atoms with Crippen LogP contribution in [-0.2, 0) is 19.1 Å². The molecule has 0 aliphatic carbocycles. The largest absolute Gasteiger partial charge is 0.394 e. The van der Waals surface area contributed by atoms with E-state index in [-0.39, 0.29) is 5.78 Å². The predicted octanol–water partition coefficient (Wildman–Crippen LogP) is 1.88. The van der Waals surface area contributed by atoms with E-state index in [2.05, 4.69) is 11.3 Å². The highest BCUT2D eigenvalue weighted by Gasteiger charge is 1.97. The van der Waals surface area contributed by atoms with Crippen molar-refractivity contribution in [3.8, 4) is 0 Å². The topological polar surface area (TPSA) is 60.4 Å². The molecule has 0 aliphatic rings. The van der Waals surface area contributed by atoms with Crippen molar-refractivity contribution in [2.75, 3.05) is 0 Å². The number of carbonyl (C=O) groups excluding carboxylic acids is 3. The normalized spacial score (nSPS) is 8.60. The molecule has 0 heterocycles. The molecule has 0 fully saturated rings. The Morgan fingerprint density at radius 2 is 1.60 bits per heavy atom. The zero-order chi connectivity index (χ0) is 12.4. The summed E-state index contributed by atoms with van der Waals surface area (Å²) in [5, 5.41) is 0. The van der Waals surface area contributed by atoms with Crippen LogP contribution in [0.2, 0.25) is 0 Å². The summed E-state index contributed by atoms with van der Waals surface area (Å²) in [4.78, 5) is 30.1. The van der Waals surface area contributed by atoms with E-state index in [0.29, 0.717) is 12.3 Å². The Hall–Kier alpha value is -1.45. The highest BCUT2D eigenvalue weighted by molar-refractivity contribution is 5.89. The summed E-state index contributed by atoms with van der Waals surface area (Å²) in [7, 11) is 0. The molecule has 0 radical (unpaired) electrons. The van der Waals surface area contributed by atoms with Gasteiger partial charge in [0.15, 0.2) is 5.78 Å². The standard InChI is InChI=1S/C7H12O.C4H6O3/c1-4-7(8)5-6(2)3;1-3(5)7-4(2)6/h4,6H,1,5H2,2-3H3;1-2H3. The van der Waals surface area contributed by atoms with E-state index in [4.69, 9.17) is 0 Å². The van der Waals surface area contributed by atoms with Gasteiger partial charge in [-0.2, -0.15) is 0 Å². The number of rotatable bonds is 3. The van der Waals surface area contributed by atoms with Crippen LogP contribution in [0, 0.1) is 5.92 Å². The van der Waals surface area contributed by atoms with Crippen LogP contribution in [0.15, 0.2) is 12.7 Å². The van der Waals surface area contributed by atoms with E-state index in [1.54, 1.807) is 0 Å². The summed E-state index contributed by atoms with van der Waals surface area (Å²) in [5.41, 5.74) is 0. The first-order chi connectivity index (χ1) is 6.79. The van der Waals surface area contributed by atoms with Gasteiger partial charge in [0.05, 0.1) is 0 Å². The van der Waals surface area contributed by atoms with E-state index in [1.807, 2.05) is 13.8 Å². The molecule has 0 saturated heterocycles. The third kappa shape index (κ3) is 19.1. The third-order valence-corrected chi connectivity index (χ3v) is 1.12. The lowest BCUT2D eigenvalue weighted by Crippen LogP contribution is -2.03. The minimum Gasteiger partial charge on any atom is -0.394 e. The fourth-order valence-electron chi connectivity index (χ4n) is 0.688. The van der Waals surface area contributed by atoms with Crippen LogP contribution >= 0.6 is 0 Å². The molecule has 15 heavy (non-hydrogen) atoms. The number of ketones is 1. The number of hydrogen-bond donors (Lipinski definition) is 0. The molecule has 0 amide bonds. The Bertz CT molecular complexity index is 229. The minimum absolute atomic E-state index is 0.139. The van der Waals surface area contributed by atoms with E-state index >= 15 is 0 Å². The van der Waals surface area contributed by atoms with E-state index in [0.717, 1.165) is 0 Å². The van der Waals surface area contributed by atoms with E-state index in [9.17, 15) is 14.4 Å². The Kier molecular flexibility index (Phi) is 9.73. The summed E-state index contributed by atoms with van der Waals surface area (Å²) in [6.07, 6.45) is 2.00. The number of ether oxygens (including phenoxy) is 1. The van der Waals surface area contributed by atoms with Crippen molar-refractivity contribution in [3.05, 3.63) is 12.7 Å². The molecule has 0 aromatic carbocycles. The fourth-order valence-corrected chi connectivity index (χ4v) is 0.688. The average Bonchev–Trinajstić information content (AvgIpc) is 2.01. The van der Waals surface area contributed by atoms with Gasteiger partial charge in [0.1, 0.15) is 0 Å². The molecule has 0 aromatic rings. The average molecular weight is 214 g/mol. The molecule has 0 unspecified atom stereocenters. The third-order valence-electron chi connectivity index (χ3n) is 1.12. The van der Waals surface area contributed by atoms with Crippen molar-refractivity contribution >= 4 is 17.7 Å². The molecule has 0 saturated carbocycles. The quantitative estimate of drug-likeness (QED) is 0.409. The molecule has 4 nitrogen and oxygen atoms in total. The van der Waals surface area contributed by atoms with Crippen molar-refractivity contribution in [1.82, 2.24) is 0 Å². The summed E-state index contributed by atoms with van der Waals surface area (Å²) in [5.74, 6) is -0.527. The van der Waals surface area contributed by atoms with Gasteiger partial charge in [0.2, 0.25) is 0 Å². The molecule has 0 atom stereocenters. The van der Waals surface area contributed by atoms with Crippen LogP contribution < -0.4 is 0 Å². The van der Waals surface area contributed by atoms with Crippen LogP contribution in [0.4, 0.5) is 0 Å². The Balaban J connectivity index is 0. The molecule has 86 valence electrons. The second kappa shape index (κ2) is 9.12. The maximum Gasteiger partial charge on any atom is 0.310 e. The SMILES string of the molecule is C=CC(=O)CC(C)C.CC(=O)OC(C)=O. The number of esters is 2. The van der Waals surface area contributed by atoms with Gasteiger partial charge in [-0.3, -0.25) is 14.4 Å². The lowest BCUT2D eigenvalue weighted by atomic mass is 10.1. The van der Waals surface area contributed by atoms with Gasteiger partial charge in [-0.1, -0.05) is 20.4 Å². The van der Waals surface area contributed by atoms with Crippen LogP contribution in [0.25, 0.3) is 0 Å². The van der Waals surface area contributed by atoms with Crippen LogP contribution in [-0.4, -0.2) is 17.7 Å². The predicted molar refractivity (Wildman–Crippen MR) is 57.1 cm³/mol. The molecule has 0 aromatic heterocycles. The first kappa shape index (κ1) is 16.0. The molecule has 4 heteroatoms. The molecule has 0 aliphatic heterocycles. The lowest BCUT2D eigenvalue weighted by Gasteiger charge is -1.96. The lowest BCUT2D eigenvalue weighted by molar-refractivity contribution is -0.156. The summed E-state index contributed by atoms with van der Waals surface area (Å²) >= 11 is 0. The van der Waals surface area contributed by atoms with Crippen molar-refractivity contribution in [1.29, 1.82) is 0 Å².